The summed E-state index contributed by atoms with van der Waals surface area (Å²) in [6.07, 6.45) is 3.47. The maximum Gasteiger partial charge on any atom is 0.225 e. The number of amides is 1. The van der Waals surface area contributed by atoms with E-state index in [1.165, 1.54) is 6.42 Å². The van der Waals surface area contributed by atoms with Gasteiger partial charge in [0.2, 0.25) is 5.91 Å². The summed E-state index contributed by atoms with van der Waals surface area (Å²) in [6, 6.07) is 6.32. The van der Waals surface area contributed by atoms with Gasteiger partial charge in [-0.2, -0.15) is 0 Å². The predicted molar refractivity (Wildman–Crippen MR) is 91.8 cm³/mol. The first-order valence-electron chi connectivity index (χ1n) is 8.42. The van der Waals surface area contributed by atoms with Crippen LogP contribution in [-0.2, 0) is 11.2 Å². The quantitative estimate of drug-likeness (QED) is 0.913. The van der Waals surface area contributed by atoms with Crippen molar-refractivity contribution in [3.63, 3.8) is 0 Å². The van der Waals surface area contributed by atoms with Crippen molar-refractivity contribution < 1.29 is 9.32 Å². The normalized spacial score (nSPS) is 18.0. The lowest BCUT2D eigenvalue weighted by Crippen LogP contribution is -2.19. The van der Waals surface area contributed by atoms with Crippen molar-refractivity contribution in [3.05, 3.63) is 40.9 Å². The molecule has 6 nitrogen and oxygen atoms in total. The fraction of sp³-hybridized carbons (Fsp3) is 0.500. The van der Waals surface area contributed by atoms with Crippen LogP contribution in [-0.4, -0.2) is 34.5 Å². The molecule has 24 heavy (non-hydrogen) atoms. The van der Waals surface area contributed by atoms with Crippen LogP contribution in [0, 0.1) is 13.8 Å². The van der Waals surface area contributed by atoms with Crippen LogP contribution in [0.3, 0.4) is 0 Å². The SMILES string of the molecule is Cc1cc(CCC(=O)Nc2cc(C)on2)cc(C2CCCN2C)n1. The van der Waals surface area contributed by atoms with E-state index < -0.39 is 0 Å². The summed E-state index contributed by atoms with van der Waals surface area (Å²) in [5.74, 6) is 1.09. The predicted octanol–water partition coefficient (Wildman–Crippen LogP) is 3.02. The Balaban J connectivity index is 1.62. The number of carbonyl (C=O) groups excluding carboxylic acids is 1. The third-order valence-electron chi connectivity index (χ3n) is 4.43. The van der Waals surface area contributed by atoms with Crippen molar-refractivity contribution in [1.29, 1.82) is 0 Å². The summed E-state index contributed by atoms with van der Waals surface area (Å²) in [5.41, 5.74) is 3.29. The van der Waals surface area contributed by atoms with Gasteiger partial charge in [0.05, 0.1) is 11.7 Å². The van der Waals surface area contributed by atoms with Crippen molar-refractivity contribution in [2.45, 2.75) is 45.6 Å². The van der Waals surface area contributed by atoms with E-state index in [2.05, 4.69) is 34.6 Å². The van der Waals surface area contributed by atoms with E-state index in [1.54, 1.807) is 13.0 Å². The first kappa shape index (κ1) is 16.6. The third-order valence-corrected chi connectivity index (χ3v) is 4.43. The summed E-state index contributed by atoms with van der Waals surface area (Å²) in [4.78, 5) is 19.1. The van der Waals surface area contributed by atoms with E-state index in [4.69, 9.17) is 9.51 Å². The lowest BCUT2D eigenvalue weighted by atomic mass is 10.0. The lowest BCUT2D eigenvalue weighted by molar-refractivity contribution is -0.116. The Kier molecular flexibility index (Phi) is 4.94. The van der Waals surface area contributed by atoms with Crippen molar-refractivity contribution in [1.82, 2.24) is 15.0 Å². The molecule has 0 bridgehead atoms. The number of nitrogens with one attached hydrogen (secondary N) is 1. The first-order valence-corrected chi connectivity index (χ1v) is 8.42. The minimum absolute atomic E-state index is 0.0581. The second-order valence-electron chi connectivity index (χ2n) is 6.55. The maximum atomic E-state index is 12.1. The zero-order valence-corrected chi connectivity index (χ0v) is 14.5. The summed E-state index contributed by atoms with van der Waals surface area (Å²) in [7, 11) is 2.15. The molecule has 1 aliphatic heterocycles. The standard InChI is InChI=1S/C18H24N4O2/c1-12-9-14(11-15(19-12)16-5-4-8-22(16)3)6-7-18(23)20-17-10-13(2)24-21-17/h9-11,16H,4-8H2,1-3H3,(H,20,21,23). The lowest BCUT2D eigenvalue weighted by Gasteiger charge is -2.20. The van der Waals surface area contributed by atoms with E-state index in [0.29, 0.717) is 30.5 Å². The number of likely N-dealkylation sites (tertiary alicyclic amines) is 1. The molecule has 2 aromatic heterocycles. The molecule has 2 aromatic rings. The van der Waals surface area contributed by atoms with Gasteiger partial charge < -0.3 is 9.84 Å². The molecule has 1 N–H and O–H groups in total. The van der Waals surface area contributed by atoms with Gasteiger partial charge in [-0.25, -0.2) is 0 Å². The highest BCUT2D eigenvalue weighted by Gasteiger charge is 2.24. The Morgan fingerprint density at radius 2 is 2.21 bits per heavy atom. The van der Waals surface area contributed by atoms with Crippen molar-refractivity contribution >= 4 is 11.7 Å². The number of rotatable bonds is 5. The molecule has 1 atom stereocenters. The highest BCUT2D eigenvalue weighted by atomic mass is 16.5. The fourth-order valence-electron chi connectivity index (χ4n) is 3.26. The molecule has 6 heteroatoms. The molecule has 0 radical (unpaired) electrons. The first-order chi connectivity index (χ1) is 11.5. The molecule has 128 valence electrons. The van der Waals surface area contributed by atoms with Crippen LogP contribution in [0.1, 0.15) is 48.0 Å². The van der Waals surface area contributed by atoms with Gasteiger partial charge >= 0.3 is 0 Å². The van der Waals surface area contributed by atoms with Crippen LogP contribution in [0.2, 0.25) is 0 Å². The molecule has 3 rings (SSSR count). The molecule has 0 aromatic carbocycles. The van der Waals surface area contributed by atoms with Crippen LogP contribution >= 0.6 is 0 Å². The highest BCUT2D eigenvalue weighted by molar-refractivity contribution is 5.89. The second-order valence-corrected chi connectivity index (χ2v) is 6.55. The van der Waals surface area contributed by atoms with Gasteiger partial charge in [0, 0.05) is 18.2 Å². The molecule has 0 aliphatic carbocycles. The zero-order chi connectivity index (χ0) is 17.1. The van der Waals surface area contributed by atoms with Crippen LogP contribution in [0.25, 0.3) is 0 Å². The third kappa shape index (κ3) is 4.00. The molecule has 3 heterocycles. The maximum absolute atomic E-state index is 12.1. The van der Waals surface area contributed by atoms with Gasteiger partial charge in [0.25, 0.3) is 0 Å². The van der Waals surface area contributed by atoms with Gasteiger partial charge in [-0.3, -0.25) is 14.7 Å². The fourth-order valence-corrected chi connectivity index (χ4v) is 3.26. The summed E-state index contributed by atoms with van der Waals surface area (Å²) >= 11 is 0. The molecular formula is C18H24N4O2. The second kappa shape index (κ2) is 7.13. The van der Waals surface area contributed by atoms with E-state index in [9.17, 15) is 4.79 Å². The topological polar surface area (TPSA) is 71.3 Å². The van der Waals surface area contributed by atoms with E-state index >= 15 is 0 Å². The Hall–Kier alpha value is -2.21. The highest BCUT2D eigenvalue weighted by Crippen LogP contribution is 2.29. The smallest absolute Gasteiger partial charge is 0.225 e. The number of hydrogen-bond donors (Lipinski definition) is 1. The minimum Gasteiger partial charge on any atom is -0.360 e. The summed E-state index contributed by atoms with van der Waals surface area (Å²) in [6.45, 7) is 4.93. The minimum atomic E-state index is -0.0581. The molecule has 1 aliphatic rings. The average Bonchev–Trinajstić information content (AvgIpc) is 3.13. The summed E-state index contributed by atoms with van der Waals surface area (Å²) in [5, 5.41) is 6.53. The van der Waals surface area contributed by atoms with Gasteiger partial charge in [-0.1, -0.05) is 5.16 Å². The number of carbonyl (C=O) groups is 1. The Bertz CT molecular complexity index is 726. The molecule has 1 saturated heterocycles. The van der Waals surface area contributed by atoms with Crippen molar-refractivity contribution in [3.8, 4) is 0 Å². The van der Waals surface area contributed by atoms with E-state index in [1.807, 2.05) is 6.92 Å². The number of aromatic nitrogens is 2. The Labute approximate surface area is 142 Å². The number of aryl methyl sites for hydroxylation is 3. The average molecular weight is 328 g/mol. The molecule has 1 amide bonds. The largest absolute Gasteiger partial charge is 0.360 e. The number of hydrogen-bond acceptors (Lipinski definition) is 5. The Morgan fingerprint density at radius 3 is 2.88 bits per heavy atom. The zero-order valence-electron chi connectivity index (χ0n) is 14.5. The van der Waals surface area contributed by atoms with Gasteiger partial charge in [0.1, 0.15) is 5.76 Å². The molecule has 0 saturated carbocycles. The summed E-state index contributed by atoms with van der Waals surface area (Å²) < 4.78 is 4.95. The van der Waals surface area contributed by atoms with E-state index in [0.717, 1.165) is 29.9 Å². The van der Waals surface area contributed by atoms with Crippen LogP contribution < -0.4 is 5.32 Å². The van der Waals surface area contributed by atoms with Crippen LogP contribution in [0.4, 0.5) is 5.82 Å². The van der Waals surface area contributed by atoms with Crippen molar-refractivity contribution in [2.24, 2.45) is 0 Å². The van der Waals surface area contributed by atoms with Crippen LogP contribution in [0.15, 0.2) is 22.7 Å². The van der Waals surface area contributed by atoms with Gasteiger partial charge in [0.15, 0.2) is 5.82 Å². The van der Waals surface area contributed by atoms with E-state index in [-0.39, 0.29) is 5.91 Å². The van der Waals surface area contributed by atoms with Gasteiger partial charge in [-0.05, 0) is 64.4 Å². The molecule has 1 fully saturated rings. The monoisotopic (exact) mass is 328 g/mol. The molecule has 0 spiro atoms. The molecular weight excluding hydrogens is 304 g/mol. The Morgan fingerprint density at radius 1 is 1.38 bits per heavy atom. The number of nitrogens with zero attached hydrogens (tertiary/aromatic N) is 3. The van der Waals surface area contributed by atoms with Crippen molar-refractivity contribution in [2.75, 3.05) is 18.9 Å². The van der Waals surface area contributed by atoms with Crippen LogP contribution in [0.5, 0.6) is 0 Å². The number of pyridine rings is 1. The van der Waals surface area contributed by atoms with Gasteiger partial charge in [-0.15, -0.1) is 0 Å². The number of anilines is 1. The molecule has 1 unspecified atom stereocenters.